The minimum atomic E-state index is -3.50. The molecule has 0 bridgehead atoms. The first-order valence-corrected chi connectivity index (χ1v) is 9.90. The van der Waals surface area contributed by atoms with Crippen LogP contribution < -0.4 is 4.90 Å². The smallest absolute Gasteiger partial charge is 0.243 e. The molecule has 2 saturated heterocycles. The predicted octanol–water partition coefficient (Wildman–Crippen LogP) is 1.53. The van der Waals surface area contributed by atoms with Crippen LogP contribution in [0.3, 0.4) is 0 Å². The molecule has 0 N–H and O–H groups in total. The lowest BCUT2D eigenvalue weighted by molar-refractivity contribution is -0.117. The number of amides is 1. The fraction of sp³-hybridized carbons (Fsp3) is 0.588. The fourth-order valence-electron chi connectivity index (χ4n) is 3.44. The Hall–Kier alpha value is -1.44. The van der Waals surface area contributed by atoms with E-state index in [9.17, 15) is 13.2 Å². The van der Waals surface area contributed by atoms with Crippen LogP contribution in [0.25, 0.3) is 0 Å². The zero-order valence-corrected chi connectivity index (χ0v) is 15.1. The Kier molecular flexibility index (Phi) is 4.94. The zero-order valence-electron chi connectivity index (χ0n) is 14.3. The minimum absolute atomic E-state index is 0.0473. The van der Waals surface area contributed by atoms with E-state index in [1.165, 1.54) is 4.31 Å². The van der Waals surface area contributed by atoms with E-state index in [1.54, 1.807) is 36.2 Å². The lowest BCUT2D eigenvalue weighted by atomic mass is 10.1. The molecule has 0 aromatic heterocycles. The molecule has 3 rings (SSSR count). The van der Waals surface area contributed by atoms with Crippen LogP contribution in [0, 0.1) is 0 Å². The molecule has 24 heavy (non-hydrogen) atoms. The van der Waals surface area contributed by atoms with Crippen molar-refractivity contribution in [3.05, 3.63) is 24.3 Å². The number of carbonyl (C=O) groups excluding carboxylic acids is 1. The zero-order chi connectivity index (χ0) is 17.3. The number of rotatable bonds is 4. The van der Waals surface area contributed by atoms with Gasteiger partial charge in [0.25, 0.3) is 0 Å². The summed E-state index contributed by atoms with van der Waals surface area (Å²) in [7, 11) is 0.230. The van der Waals surface area contributed by atoms with Crippen LogP contribution in [-0.4, -0.2) is 63.3 Å². The van der Waals surface area contributed by atoms with Crippen LogP contribution in [0.15, 0.2) is 29.2 Å². The first-order chi connectivity index (χ1) is 11.4. The van der Waals surface area contributed by atoms with E-state index < -0.39 is 10.0 Å². The van der Waals surface area contributed by atoms with E-state index in [2.05, 4.69) is 11.9 Å². The molecule has 0 atom stereocenters. The molecule has 2 fully saturated rings. The molecular weight excluding hydrogens is 326 g/mol. The summed E-state index contributed by atoms with van der Waals surface area (Å²) < 4.78 is 27.2. The van der Waals surface area contributed by atoms with E-state index in [4.69, 9.17) is 0 Å². The van der Waals surface area contributed by atoms with Crippen LogP contribution in [0.1, 0.15) is 25.7 Å². The predicted molar refractivity (Wildman–Crippen MR) is 93.5 cm³/mol. The number of likely N-dealkylation sites (tertiary alicyclic amines) is 1. The Morgan fingerprint density at radius 2 is 1.71 bits per heavy atom. The molecule has 0 radical (unpaired) electrons. The van der Waals surface area contributed by atoms with Gasteiger partial charge in [-0.15, -0.1) is 0 Å². The average Bonchev–Trinajstić information content (AvgIpc) is 3.01. The average molecular weight is 351 g/mol. The molecule has 0 unspecified atom stereocenters. The van der Waals surface area contributed by atoms with Gasteiger partial charge in [-0.05, 0) is 63.7 Å². The molecule has 1 amide bonds. The molecule has 2 aliphatic rings. The summed E-state index contributed by atoms with van der Waals surface area (Å²) >= 11 is 0. The molecule has 2 heterocycles. The van der Waals surface area contributed by atoms with Gasteiger partial charge in [0.05, 0.1) is 4.90 Å². The number of benzene rings is 1. The second-order valence-corrected chi connectivity index (χ2v) is 8.70. The molecule has 7 heteroatoms. The highest BCUT2D eigenvalue weighted by Crippen LogP contribution is 2.26. The third-order valence-electron chi connectivity index (χ3n) is 5.10. The Balaban J connectivity index is 1.75. The van der Waals surface area contributed by atoms with Gasteiger partial charge in [-0.2, -0.15) is 4.31 Å². The maximum absolute atomic E-state index is 12.8. The second-order valence-electron chi connectivity index (χ2n) is 6.70. The van der Waals surface area contributed by atoms with E-state index in [-0.39, 0.29) is 11.9 Å². The summed E-state index contributed by atoms with van der Waals surface area (Å²) in [6.45, 7) is 2.54. The first kappa shape index (κ1) is 17.4. The SMILES string of the molecule is CN1CCC(N(C)S(=O)(=O)c2ccc(N3CCCC3=O)cc2)CC1. The van der Waals surface area contributed by atoms with Crippen LogP contribution in [0.5, 0.6) is 0 Å². The van der Waals surface area contributed by atoms with Gasteiger partial charge in [-0.1, -0.05) is 0 Å². The van der Waals surface area contributed by atoms with Gasteiger partial charge in [0, 0.05) is 31.7 Å². The van der Waals surface area contributed by atoms with Crippen LogP contribution in [0.2, 0.25) is 0 Å². The van der Waals surface area contributed by atoms with Crippen molar-refractivity contribution in [2.75, 3.05) is 38.6 Å². The minimum Gasteiger partial charge on any atom is -0.312 e. The summed E-state index contributed by atoms with van der Waals surface area (Å²) in [5.74, 6) is 0.106. The van der Waals surface area contributed by atoms with Crippen molar-refractivity contribution in [3.8, 4) is 0 Å². The Bertz CT molecular complexity index is 694. The summed E-state index contributed by atoms with van der Waals surface area (Å²) in [5, 5.41) is 0. The van der Waals surface area contributed by atoms with Gasteiger partial charge in [0.1, 0.15) is 0 Å². The summed E-state index contributed by atoms with van der Waals surface area (Å²) in [4.78, 5) is 16.0. The topological polar surface area (TPSA) is 60.9 Å². The van der Waals surface area contributed by atoms with Gasteiger partial charge < -0.3 is 9.80 Å². The lowest BCUT2D eigenvalue weighted by Gasteiger charge is -2.34. The Morgan fingerprint density at radius 1 is 1.08 bits per heavy atom. The summed E-state index contributed by atoms with van der Waals surface area (Å²) in [6.07, 6.45) is 3.13. The Labute approximate surface area is 144 Å². The van der Waals surface area contributed by atoms with Gasteiger partial charge in [0.2, 0.25) is 15.9 Å². The van der Waals surface area contributed by atoms with Gasteiger partial charge in [-0.25, -0.2) is 8.42 Å². The van der Waals surface area contributed by atoms with Gasteiger partial charge in [0.15, 0.2) is 0 Å². The van der Waals surface area contributed by atoms with Crippen molar-refractivity contribution in [3.63, 3.8) is 0 Å². The number of nitrogens with zero attached hydrogens (tertiary/aromatic N) is 3. The number of carbonyl (C=O) groups is 1. The maximum Gasteiger partial charge on any atom is 0.243 e. The third-order valence-corrected chi connectivity index (χ3v) is 7.03. The van der Waals surface area contributed by atoms with Crippen molar-refractivity contribution in [2.24, 2.45) is 0 Å². The maximum atomic E-state index is 12.8. The molecule has 0 aliphatic carbocycles. The molecule has 1 aromatic rings. The molecule has 1 aromatic carbocycles. The van der Waals surface area contributed by atoms with Crippen molar-refractivity contribution in [2.45, 2.75) is 36.6 Å². The quantitative estimate of drug-likeness (QED) is 0.825. The van der Waals surface area contributed by atoms with E-state index in [0.29, 0.717) is 17.9 Å². The number of hydrogen-bond acceptors (Lipinski definition) is 4. The van der Waals surface area contributed by atoms with E-state index >= 15 is 0 Å². The van der Waals surface area contributed by atoms with Crippen molar-refractivity contribution in [1.29, 1.82) is 0 Å². The number of piperidine rings is 1. The molecular formula is C17H25N3O3S. The van der Waals surface area contributed by atoms with E-state index in [1.807, 2.05) is 0 Å². The molecule has 0 saturated carbocycles. The number of sulfonamides is 1. The van der Waals surface area contributed by atoms with Crippen LogP contribution in [0.4, 0.5) is 5.69 Å². The normalized spacial score (nSPS) is 21.0. The van der Waals surface area contributed by atoms with Crippen molar-refractivity contribution >= 4 is 21.6 Å². The van der Waals surface area contributed by atoms with E-state index in [0.717, 1.165) is 38.0 Å². The second kappa shape index (κ2) is 6.82. The highest BCUT2D eigenvalue weighted by Gasteiger charge is 2.30. The van der Waals surface area contributed by atoms with Crippen molar-refractivity contribution < 1.29 is 13.2 Å². The molecule has 0 spiro atoms. The standard InChI is InChI=1S/C17H25N3O3S/c1-18-12-9-14(10-13-18)19(2)24(22,23)16-7-5-15(6-8-16)20-11-3-4-17(20)21/h5-8,14H,3-4,9-13H2,1-2H3. The number of anilines is 1. The highest BCUT2D eigenvalue weighted by atomic mass is 32.2. The monoisotopic (exact) mass is 351 g/mol. The van der Waals surface area contributed by atoms with Gasteiger partial charge >= 0.3 is 0 Å². The molecule has 132 valence electrons. The largest absolute Gasteiger partial charge is 0.312 e. The third kappa shape index (κ3) is 3.34. The van der Waals surface area contributed by atoms with Crippen molar-refractivity contribution in [1.82, 2.24) is 9.21 Å². The van der Waals surface area contributed by atoms with Crippen LogP contribution >= 0.6 is 0 Å². The summed E-state index contributed by atoms with van der Waals surface area (Å²) in [5.41, 5.74) is 0.776. The fourth-order valence-corrected chi connectivity index (χ4v) is 4.86. The Morgan fingerprint density at radius 3 is 2.25 bits per heavy atom. The van der Waals surface area contributed by atoms with Gasteiger partial charge in [-0.3, -0.25) is 4.79 Å². The number of hydrogen-bond donors (Lipinski definition) is 0. The molecule has 6 nitrogen and oxygen atoms in total. The molecule has 2 aliphatic heterocycles. The lowest BCUT2D eigenvalue weighted by Crippen LogP contribution is -2.44. The first-order valence-electron chi connectivity index (χ1n) is 8.46. The highest BCUT2D eigenvalue weighted by molar-refractivity contribution is 7.89. The summed E-state index contributed by atoms with van der Waals surface area (Å²) in [6, 6.07) is 6.74. The van der Waals surface area contributed by atoms with Crippen LogP contribution in [-0.2, 0) is 14.8 Å².